The SMILES string of the molecule is CCSC(CC)(CCC(=O)OC)S(=O)CC. The van der Waals surface area contributed by atoms with Gasteiger partial charge in [0.2, 0.25) is 0 Å². The number of carbonyl (C=O) groups excluding carboxylic acids is 1. The summed E-state index contributed by atoms with van der Waals surface area (Å²) in [5, 5.41) is 0. The van der Waals surface area contributed by atoms with E-state index in [1.165, 1.54) is 7.11 Å². The van der Waals surface area contributed by atoms with Crippen molar-refractivity contribution in [2.45, 2.75) is 44.1 Å². The average Bonchev–Trinajstić information content (AvgIpc) is 2.33. The van der Waals surface area contributed by atoms with Crippen molar-refractivity contribution >= 4 is 28.5 Å². The maximum Gasteiger partial charge on any atom is 0.305 e. The molecule has 16 heavy (non-hydrogen) atoms. The summed E-state index contributed by atoms with van der Waals surface area (Å²) in [7, 11) is 0.502. The Kier molecular flexibility index (Phi) is 8.10. The number of esters is 1. The summed E-state index contributed by atoms with van der Waals surface area (Å²) in [4.78, 5) is 11.2. The van der Waals surface area contributed by atoms with Gasteiger partial charge in [-0.1, -0.05) is 20.8 Å². The maximum absolute atomic E-state index is 12.1. The largest absolute Gasteiger partial charge is 0.469 e. The fourth-order valence-corrected chi connectivity index (χ4v) is 5.00. The Bertz CT molecular complexity index is 243. The Balaban J connectivity index is 4.62. The van der Waals surface area contributed by atoms with Crippen LogP contribution in [0.1, 0.15) is 40.0 Å². The van der Waals surface area contributed by atoms with Gasteiger partial charge < -0.3 is 4.74 Å². The van der Waals surface area contributed by atoms with E-state index in [4.69, 9.17) is 0 Å². The van der Waals surface area contributed by atoms with Crippen molar-refractivity contribution in [3.05, 3.63) is 0 Å². The molecule has 2 unspecified atom stereocenters. The second kappa shape index (κ2) is 8.12. The zero-order valence-corrected chi connectivity index (χ0v) is 12.2. The van der Waals surface area contributed by atoms with E-state index < -0.39 is 10.8 Å². The molecule has 0 rings (SSSR count). The van der Waals surface area contributed by atoms with Crippen LogP contribution >= 0.6 is 11.8 Å². The summed E-state index contributed by atoms with van der Waals surface area (Å²) >= 11 is 1.70. The van der Waals surface area contributed by atoms with E-state index in [0.29, 0.717) is 18.6 Å². The zero-order valence-electron chi connectivity index (χ0n) is 10.6. The van der Waals surface area contributed by atoms with Crippen LogP contribution < -0.4 is 0 Å². The fourth-order valence-electron chi connectivity index (χ4n) is 1.61. The molecule has 0 saturated heterocycles. The molecule has 0 heterocycles. The minimum absolute atomic E-state index is 0.220. The predicted molar refractivity (Wildman–Crippen MR) is 71.1 cm³/mol. The first-order valence-electron chi connectivity index (χ1n) is 5.65. The van der Waals surface area contributed by atoms with Crippen LogP contribution in [0.25, 0.3) is 0 Å². The van der Waals surface area contributed by atoms with Gasteiger partial charge in [0, 0.05) is 23.0 Å². The Labute approximate surface area is 105 Å². The van der Waals surface area contributed by atoms with Gasteiger partial charge in [-0.05, 0) is 18.6 Å². The van der Waals surface area contributed by atoms with E-state index in [2.05, 4.69) is 11.7 Å². The molecule has 0 N–H and O–H groups in total. The predicted octanol–water partition coefficient (Wildman–Crippen LogP) is 2.57. The molecule has 0 bridgehead atoms. The Morgan fingerprint density at radius 2 is 2.00 bits per heavy atom. The molecule has 0 amide bonds. The summed E-state index contributed by atoms with van der Waals surface area (Å²) < 4.78 is 16.4. The van der Waals surface area contributed by atoms with Crippen LogP contribution in [-0.4, -0.2) is 32.9 Å². The fraction of sp³-hybridized carbons (Fsp3) is 0.909. The van der Waals surface area contributed by atoms with E-state index >= 15 is 0 Å². The van der Waals surface area contributed by atoms with E-state index in [-0.39, 0.29) is 10.0 Å². The molecule has 0 saturated carbocycles. The zero-order chi connectivity index (χ0) is 12.6. The molecule has 0 fully saturated rings. The highest BCUT2D eigenvalue weighted by molar-refractivity contribution is 8.12. The summed E-state index contributed by atoms with van der Waals surface area (Å²) in [6.45, 7) is 6.02. The van der Waals surface area contributed by atoms with Crippen LogP contribution in [0, 0.1) is 0 Å². The molecular formula is C11H22O3S2. The molecular weight excluding hydrogens is 244 g/mol. The standard InChI is InChI=1S/C11H22O3S2/c1-5-11(15-6-2,16(13)7-3)9-8-10(12)14-4/h5-9H2,1-4H3. The summed E-state index contributed by atoms with van der Waals surface area (Å²) in [5.74, 6) is 1.34. The number of rotatable bonds is 8. The average molecular weight is 266 g/mol. The molecule has 0 aromatic carbocycles. The summed E-state index contributed by atoms with van der Waals surface area (Å²) in [6, 6.07) is 0. The lowest BCUT2D eigenvalue weighted by Gasteiger charge is -2.30. The Morgan fingerprint density at radius 1 is 1.38 bits per heavy atom. The van der Waals surface area contributed by atoms with Crippen molar-refractivity contribution in [3.63, 3.8) is 0 Å². The maximum atomic E-state index is 12.1. The molecule has 2 atom stereocenters. The van der Waals surface area contributed by atoms with Gasteiger partial charge in [0.1, 0.15) is 0 Å². The molecule has 0 aliphatic heterocycles. The van der Waals surface area contributed by atoms with E-state index in [1.807, 2.05) is 13.8 Å². The number of ether oxygens (including phenoxy) is 1. The molecule has 5 heteroatoms. The molecule has 0 radical (unpaired) electrons. The van der Waals surface area contributed by atoms with Crippen LogP contribution in [0.5, 0.6) is 0 Å². The quantitative estimate of drug-likeness (QED) is 0.633. The number of thioether (sulfide) groups is 1. The van der Waals surface area contributed by atoms with Crippen LogP contribution in [0.15, 0.2) is 0 Å². The molecule has 0 aliphatic carbocycles. The van der Waals surface area contributed by atoms with Crippen molar-refractivity contribution in [3.8, 4) is 0 Å². The van der Waals surface area contributed by atoms with Gasteiger partial charge in [-0.15, -0.1) is 11.8 Å². The minimum atomic E-state index is -0.887. The van der Waals surface area contributed by atoms with Gasteiger partial charge >= 0.3 is 5.97 Å². The van der Waals surface area contributed by atoms with Gasteiger partial charge in [-0.2, -0.15) is 0 Å². The van der Waals surface area contributed by atoms with Crippen LogP contribution in [-0.2, 0) is 20.3 Å². The molecule has 0 aliphatic rings. The van der Waals surface area contributed by atoms with E-state index in [0.717, 1.165) is 12.2 Å². The molecule has 0 aromatic heterocycles. The molecule has 96 valence electrons. The smallest absolute Gasteiger partial charge is 0.305 e. The van der Waals surface area contributed by atoms with Gasteiger partial charge in [-0.3, -0.25) is 9.00 Å². The first-order chi connectivity index (χ1) is 7.56. The van der Waals surface area contributed by atoms with Crippen molar-refractivity contribution < 1.29 is 13.7 Å². The van der Waals surface area contributed by atoms with Crippen molar-refractivity contribution in [2.75, 3.05) is 18.6 Å². The van der Waals surface area contributed by atoms with Crippen LogP contribution in [0.3, 0.4) is 0 Å². The lowest BCUT2D eigenvalue weighted by molar-refractivity contribution is -0.140. The van der Waals surface area contributed by atoms with Crippen LogP contribution in [0.4, 0.5) is 0 Å². The topological polar surface area (TPSA) is 43.4 Å². The monoisotopic (exact) mass is 266 g/mol. The molecule has 0 spiro atoms. The Hall–Kier alpha value is -0.0300. The van der Waals surface area contributed by atoms with Crippen molar-refractivity contribution in [1.82, 2.24) is 0 Å². The molecule has 3 nitrogen and oxygen atoms in total. The highest BCUT2D eigenvalue weighted by Gasteiger charge is 2.34. The third-order valence-corrected chi connectivity index (χ3v) is 6.63. The number of hydrogen-bond acceptors (Lipinski definition) is 4. The Morgan fingerprint density at radius 3 is 2.38 bits per heavy atom. The third-order valence-electron chi connectivity index (χ3n) is 2.56. The normalized spacial score (nSPS) is 16.5. The second-order valence-electron chi connectivity index (χ2n) is 3.41. The first kappa shape index (κ1) is 16.0. The van der Waals surface area contributed by atoms with Crippen molar-refractivity contribution in [1.29, 1.82) is 0 Å². The third kappa shape index (κ3) is 4.45. The van der Waals surface area contributed by atoms with Gasteiger partial charge in [0.15, 0.2) is 0 Å². The minimum Gasteiger partial charge on any atom is -0.469 e. The van der Waals surface area contributed by atoms with E-state index in [1.54, 1.807) is 11.8 Å². The lowest BCUT2D eigenvalue weighted by atomic mass is 10.2. The van der Waals surface area contributed by atoms with Crippen LogP contribution in [0.2, 0.25) is 0 Å². The van der Waals surface area contributed by atoms with Gasteiger partial charge in [0.25, 0.3) is 0 Å². The number of carbonyl (C=O) groups is 1. The summed E-state index contributed by atoms with van der Waals surface area (Å²) in [5.41, 5.74) is 0. The highest BCUT2D eigenvalue weighted by Crippen LogP contribution is 2.37. The molecule has 0 aromatic rings. The van der Waals surface area contributed by atoms with Crippen molar-refractivity contribution in [2.24, 2.45) is 0 Å². The number of hydrogen-bond donors (Lipinski definition) is 0. The lowest BCUT2D eigenvalue weighted by Crippen LogP contribution is -2.32. The highest BCUT2D eigenvalue weighted by atomic mass is 32.2. The summed E-state index contributed by atoms with van der Waals surface area (Å²) in [6.07, 6.45) is 1.81. The first-order valence-corrected chi connectivity index (χ1v) is 7.96. The number of methoxy groups -OCH3 is 1. The van der Waals surface area contributed by atoms with E-state index in [9.17, 15) is 9.00 Å². The second-order valence-corrected chi connectivity index (χ2v) is 7.36. The van der Waals surface area contributed by atoms with Gasteiger partial charge in [-0.25, -0.2) is 0 Å². The van der Waals surface area contributed by atoms with Gasteiger partial charge in [0.05, 0.1) is 11.2 Å².